The van der Waals surface area contributed by atoms with Gasteiger partial charge in [0.2, 0.25) is 5.16 Å². The molecule has 0 unspecified atom stereocenters. The molecule has 0 fully saturated rings. The average Bonchev–Trinajstić information content (AvgIpc) is 2.85. The Kier molecular flexibility index (Phi) is 5.50. The number of nitrogens with two attached hydrogens (primary N) is 1. The van der Waals surface area contributed by atoms with E-state index in [0.29, 0.717) is 16.9 Å². The van der Waals surface area contributed by atoms with E-state index in [0.717, 1.165) is 16.9 Å². The van der Waals surface area contributed by atoms with Crippen molar-refractivity contribution < 1.29 is 4.74 Å². The summed E-state index contributed by atoms with van der Waals surface area (Å²) in [5.41, 5.74) is 2.28. The van der Waals surface area contributed by atoms with Gasteiger partial charge in [0.15, 0.2) is 5.82 Å². The van der Waals surface area contributed by atoms with E-state index < -0.39 is 0 Å². The van der Waals surface area contributed by atoms with Crippen molar-refractivity contribution in [2.24, 2.45) is 0 Å². The van der Waals surface area contributed by atoms with Crippen LogP contribution in [0, 0.1) is 18.3 Å². The van der Waals surface area contributed by atoms with Crippen LogP contribution in [0.5, 0.6) is 5.75 Å². The van der Waals surface area contributed by atoms with Crippen molar-refractivity contribution in [1.82, 2.24) is 14.9 Å². The first-order chi connectivity index (χ1) is 10.9. The number of hydrogen-bond donors (Lipinski definition) is 1. The maximum Gasteiger partial charge on any atom is 0.211 e. The van der Waals surface area contributed by atoms with E-state index in [1.807, 2.05) is 13.0 Å². The lowest BCUT2D eigenvalue weighted by Crippen LogP contribution is -2.16. The van der Waals surface area contributed by atoms with E-state index in [9.17, 15) is 0 Å². The van der Waals surface area contributed by atoms with Gasteiger partial charge in [0.25, 0.3) is 0 Å². The molecule has 1 atom stereocenters. The van der Waals surface area contributed by atoms with Crippen LogP contribution in [-0.2, 0) is 6.61 Å². The molecule has 0 bridgehead atoms. The molecule has 0 aliphatic heterocycles. The Hall–Kier alpha value is -2.20. The number of ether oxygens (including phenoxy) is 1. The molecule has 6 nitrogen and oxygen atoms in total. The molecule has 1 aromatic carbocycles. The monoisotopic (exact) mass is 331 g/mol. The summed E-state index contributed by atoms with van der Waals surface area (Å²) in [7, 11) is 0. The molecule has 0 saturated carbocycles. The van der Waals surface area contributed by atoms with Crippen LogP contribution < -0.4 is 10.6 Å². The van der Waals surface area contributed by atoms with Gasteiger partial charge in [-0.1, -0.05) is 37.7 Å². The van der Waals surface area contributed by atoms with E-state index in [1.165, 1.54) is 16.4 Å². The quantitative estimate of drug-likeness (QED) is 0.646. The van der Waals surface area contributed by atoms with E-state index in [1.54, 1.807) is 6.92 Å². The molecule has 122 valence electrons. The lowest BCUT2D eigenvalue weighted by molar-refractivity contribution is 0.287. The van der Waals surface area contributed by atoms with Crippen LogP contribution in [-0.4, -0.2) is 20.1 Å². The third-order valence-corrected chi connectivity index (χ3v) is 4.30. The first-order valence-electron chi connectivity index (χ1n) is 7.41. The number of aromatic nitrogens is 3. The molecule has 0 saturated heterocycles. The van der Waals surface area contributed by atoms with Gasteiger partial charge in [0, 0.05) is 0 Å². The molecular weight excluding hydrogens is 310 g/mol. The number of benzene rings is 1. The Morgan fingerprint density at radius 3 is 2.74 bits per heavy atom. The highest BCUT2D eigenvalue weighted by molar-refractivity contribution is 8.00. The molecular formula is C16H21N5OS. The van der Waals surface area contributed by atoms with E-state index in [4.69, 9.17) is 15.8 Å². The van der Waals surface area contributed by atoms with E-state index >= 15 is 0 Å². The van der Waals surface area contributed by atoms with Crippen molar-refractivity contribution in [3.05, 3.63) is 35.2 Å². The minimum Gasteiger partial charge on any atom is -0.485 e. The van der Waals surface area contributed by atoms with Crippen LogP contribution in [0.25, 0.3) is 0 Å². The summed E-state index contributed by atoms with van der Waals surface area (Å²) < 4.78 is 7.29. The Balaban J connectivity index is 2.13. The highest BCUT2D eigenvalue weighted by Crippen LogP contribution is 2.28. The predicted octanol–water partition coefficient (Wildman–Crippen LogP) is 3.01. The minimum atomic E-state index is -0.236. The van der Waals surface area contributed by atoms with Gasteiger partial charge >= 0.3 is 0 Å². The third-order valence-electron chi connectivity index (χ3n) is 3.35. The maximum atomic E-state index is 8.86. The van der Waals surface area contributed by atoms with Gasteiger partial charge in [-0.15, -0.1) is 10.2 Å². The molecule has 0 radical (unpaired) electrons. The summed E-state index contributed by atoms with van der Waals surface area (Å²) in [6.07, 6.45) is 0. The maximum absolute atomic E-state index is 8.86. The molecule has 2 aromatic rings. The summed E-state index contributed by atoms with van der Waals surface area (Å²) in [6, 6.07) is 8.30. The number of nitrogen functional groups attached to an aromatic ring is 1. The molecule has 7 heteroatoms. The molecule has 0 aliphatic rings. The number of hydrogen-bond acceptors (Lipinski definition) is 6. The summed E-state index contributed by atoms with van der Waals surface area (Å²) in [6.45, 7) is 8.30. The van der Waals surface area contributed by atoms with Crippen LogP contribution in [0.15, 0.2) is 23.4 Å². The van der Waals surface area contributed by atoms with Gasteiger partial charge in [-0.3, -0.25) is 0 Å². The molecule has 0 spiro atoms. The number of thioether (sulfide) groups is 1. The van der Waals surface area contributed by atoms with Crippen LogP contribution in [0.4, 0.5) is 0 Å². The SMILES string of the molecule is Cc1ccc(C(C)C)c(OCc2nnc(S[C@H](C)C#N)n2N)c1. The molecule has 1 heterocycles. The first-order valence-corrected chi connectivity index (χ1v) is 8.29. The van der Waals surface area contributed by atoms with Gasteiger partial charge in [0.1, 0.15) is 12.4 Å². The summed E-state index contributed by atoms with van der Waals surface area (Å²) in [5.74, 6) is 7.70. The van der Waals surface area contributed by atoms with Crippen LogP contribution in [0.2, 0.25) is 0 Å². The zero-order valence-electron chi connectivity index (χ0n) is 13.8. The Morgan fingerprint density at radius 1 is 1.35 bits per heavy atom. The van der Waals surface area contributed by atoms with Crippen molar-refractivity contribution >= 4 is 11.8 Å². The number of aryl methyl sites for hydroxylation is 1. The fourth-order valence-corrected chi connectivity index (χ4v) is 2.73. The predicted molar refractivity (Wildman–Crippen MR) is 90.7 cm³/mol. The fraction of sp³-hybridized carbons (Fsp3) is 0.438. The van der Waals surface area contributed by atoms with E-state index in [2.05, 4.69) is 42.2 Å². The molecule has 2 N–H and O–H groups in total. The first kappa shape index (κ1) is 17.2. The zero-order valence-corrected chi connectivity index (χ0v) is 14.6. The van der Waals surface area contributed by atoms with Gasteiger partial charge < -0.3 is 10.6 Å². The van der Waals surface area contributed by atoms with E-state index in [-0.39, 0.29) is 11.9 Å². The largest absolute Gasteiger partial charge is 0.485 e. The Bertz CT molecular complexity index is 720. The van der Waals surface area contributed by atoms with Gasteiger partial charge in [-0.05, 0) is 37.0 Å². The Labute approximate surface area is 140 Å². The van der Waals surface area contributed by atoms with Crippen molar-refractivity contribution in [2.45, 2.75) is 50.6 Å². The number of nitrogens with zero attached hydrogens (tertiary/aromatic N) is 4. The van der Waals surface area contributed by atoms with Crippen molar-refractivity contribution in [3.63, 3.8) is 0 Å². The lowest BCUT2D eigenvalue weighted by Gasteiger charge is -2.14. The molecule has 23 heavy (non-hydrogen) atoms. The van der Waals surface area contributed by atoms with Crippen LogP contribution in [0.3, 0.4) is 0 Å². The molecule has 0 aliphatic carbocycles. The van der Waals surface area contributed by atoms with Crippen molar-refractivity contribution in [1.29, 1.82) is 5.26 Å². The second-order valence-electron chi connectivity index (χ2n) is 5.64. The number of rotatable bonds is 6. The molecule has 0 amide bonds. The number of nitriles is 1. The second kappa shape index (κ2) is 7.38. The fourth-order valence-electron chi connectivity index (χ4n) is 2.06. The molecule has 2 rings (SSSR count). The van der Waals surface area contributed by atoms with Crippen molar-refractivity contribution in [3.8, 4) is 11.8 Å². The third kappa shape index (κ3) is 4.17. The summed E-state index contributed by atoms with van der Waals surface area (Å²) in [5, 5.41) is 17.2. The van der Waals surface area contributed by atoms with Crippen molar-refractivity contribution in [2.75, 3.05) is 5.84 Å². The van der Waals surface area contributed by atoms with Crippen LogP contribution in [0.1, 0.15) is 43.6 Å². The normalized spacial score (nSPS) is 12.2. The second-order valence-corrected chi connectivity index (χ2v) is 6.95. The van der Waals surface area contributed by atoms with Crippen LogP contribution >= 0.6 is 11.8 Å². The highest BCUT2D eigenvalue weighted by Gasteiger charge is 2.15. The van der Waals surface area contributed by atoms with Gasteiger partial charge in [-0.25, -0.2) is 4.68 Å². The molecule has 1 aromatic heterocycles. The highest BCUT2D eigenvalue weighted by atomic mass is 32.2. The summed E-state index contributed by atoms with van der Waals surface area (Å²) >= 11 is 1.27. The summed E-state index contributed by atoms with van der Waals surface area (Å²) in [4.78, 5) is 0. The topological polar surface area (TPSA) is 89.8 Å². The van der Waals surface area contributed by atoms with Gasteiger partial charge in [0.05, 0.1) is 11.3 Å². The smallest absolute Gasteiger partial charge is 0.211 e. The minimum absolute atomic E-state index is 0.230. The standard InChI is InChI=1S/C16H21N5OS/c1-10(2)13-6-5-11(3)7-14(13)22-9-15-19-20-16(21(15)18)23-12(4)8-17/h5-7,10,12H,9,18H2,1-4H3/t12-/m1/s1. The average molecular weight is 331 g/mol. The van der Waals surface area contributed by atoms with Gasteiger partial charge in [-0.2, -0.15) is 5.26 Å². The Morgan fingerprint density at radius 2 is 2.09 bits per heavy atom. The lowest BCUT2D eigenvalue weighted by atomic mass is 10.0. The zero-order chi connectivity index (χ0) is 17.0.